The van der Waals surface area contributed by atoms with Gasteiger partial charge < -0.3 is 20.7 Å². The van der Waals surface area contributed by atoms with Crippen LogP contribution in [0.4, 0.5) is 4.79 Å². The fourth-order valence-electron chi connectivity index (χ4n) is 2.44. The highest BCUT2D eigenvalue weighted by Gasteiger charge is 2.26. The molecule has 0 unspecified atom stereocenters. The summed E-state index contributed by atoms with van der Waals surface area (Å²) in [5.74, 6) is 0.650. The third-order valence-electron chi connectivity index (χ3n) is 3.59. The molecule has 0 radical (unpaired) electrons. The number of urea groups is 1. The largest absolute Gasteiger partial charge is 0.497 e. The van der Waals surface area contributed by atoms with Gasteiger partial charge >= 0.3 is 6.03 Å². The van der Waals surface area contributed by atoms with E-state index in [2.05, 4.69) is 16.0 Å². The second-order valence-electron chi connectivity index (χ2n) is 5.21. The van der Waals surface area contributed by atoms with E-state index in [-0.39, 0.29) is 18.0 Å². The molecule has 0 saturated carbocycles. The van der Waals surface area contributed by atoms with E-state index in [1.165, 1.54) is 0 Å². The van der Waals surface area contributed by atoms with Gasteiger partial charge in [-0.2, -0.15) is 0 Å². The zero-order chi connectivity index (χ0) is 16.1. The van der Waals surface area contributed by atoms with Gasteiger partial charge in [0.25, 0.3) is 5.91 Å². The summed E-state index contributed by atoms with van der Waals surface area (Å²) in [6, 6.07) is 7.16. The lowest BCUT2D eigenvalue weighted by Crippen LogP contribution is -2.50. The fraction of sp³-hybridized carbons (Fsp3) is 0.375. The lowest BCUT2D eigenvalue weighted by atomic mass is 10.0. The van der Waals surface area contributed by atoms with Crippen molar-refractivity contribution in [2.75, 3.05) is 13.7 Å². The van der Waals surface area contributed by atoms with Gasteiger partial charge in [0.05, 0.1) is 18.7 Å². The Morgan fingerprint density at radius 1 is 1.32 bits per heavy atom. The van der Waals surface area contributed by atoms with Crippen LogP contribution >= 0.6 is 0 Å². The fourth-order valence-corrected chi connectivity index (χ4v) is 2.44. The van der Waals surface area contributed by atoms with Crippen LogP contribution in [0.1, 0.15) is 19.4 Å². The molecular formula is C16H21N3O3. The van der Waals surface area contributed by atoms with Gasteiger partial charge in [-0.15, -0.1) is 0 Å². The summed E-state index contributed by atoms with van der Waals surface area (Å²) in [5, 5.41) is 8.18. The van der Waals surface area contributed by atoms with Gasteiger partial charge in [0.2, 0.25) is 0 Å². The van der Waals surface area contributed by atoms with Crippen LogP contribution in [0.25, 0.3) is 0 Å². The molecule has 6 heteroatoms. The summed E-state index contributed by atoms with van der Waals surface area (Å²) in [4.78, 5) is 23.5. The van der Waals surface area contributed by atoms with Crippen molar-refractivity contribution in [2.24, 2.45) is 0 Å². The molecule has 3 N–H and O–H groups in total. The van der Waals surface area contributed by atoms with Gasteiger partial charge in [0.15, 0.2) is 0 Å². The molecule has 6 nitrogen and oxygen atoms in total. The normalized spacial score (nSPS) is 17.6. The van der Waals surface area contributed by atoms with Crippen LogP contribution in [0, 0.1) is 0 Å². The Morgan fingerprint density at radius 2 is 2.00 bits per heavy atom. The first-order valence-electron chi connectivity index (χ1n) is 7.20. The Morgan fingerprint density at radius 3 is 2.59 bits per heavy atom. The van der Waals surface area contributed by atoms with E-state index in [1.54, 1.807) is 21.0 Å². The maximum atomic E-state index is 12.2. The predicted octanol–water partition coefficient (Wildman–Crippen LogP) is 1.33. The van der Waals surface area contributed by atoms with Gasteiger partial charge in [-0.25, -0.2) is 4.79 Å². The highest BCUT2D eigenvalue weighted by molar-refractivity contribution is 5.98. The molecule has 0 aromatic heterocycles. The van der Waals surface area contributed by atoms with Crippen molar-refractivity contribution >= 4 is 11.9 Å². The molecule has 1 heterocycles. The van der Waals surface area contributed by atoms with E-state index in [9.17, 15) is 9.59 Å². The maximum absolute atomic E-state index is 12.2. The smallest absolute Gasteiger partial charge is 0.319 e. The maximum Gasteiger partial charge on any atom is 0.319 e. The monoisotopic (exact) mass is 303 g/mol. The van der Waals surface area contributed by atoms with Crippen LogP contribution in [0.15, 0.2) is 35.5 Å². The van der Waals surface area contributed by atoms with Crippen LogP contribution in [0.2, 0.25) is 0 Å². The molecule has 3 amide bonds. The molecule has 0 fully saturated rings. The van der Waals surface area contributed by atoms with Gasteiger partial charge in [-0.3, -0.25) is 4.79 Å². The SMILES string of the molecule is COc1ccc(CCNC(=O)C2=C(C)NC(=O)N[C@@H]2C)cc1. The van der Waals surface area contributed by atoms with Gasteiger partial charge in [0.1, 0.15) is 5.75 Å². The highest BCUT2D eigenvalue weighted by atomic mass is 16.5. The molecule has 1 aromatic rings. The Hall–Kier alpha value is -2.50. The second kappa shape index (κ2) is 6.98. The summed E-state index contributed by atoms with van der Waals surface area (Å²) < 4.78 is 5.11. The summed E-state index contributed by atoms with van der Waals surface area (Å²) >= 11 is 0. The first-order valence-corrected chi connectivity index (χ1v) is 7.20. The van der Waals surface area contributed by atoms with Crippen LogP contribution < -0.4 is 20.7 Å². The summed E-state index contributed by atoms with van der Waals surface area (Å²) in [6.07, 6.45) is 0.732. The Labute approximate surface area is 129 Å². The Balaban J connectivity index is 1.89. The average Bonchev–Trinajstić information content (AvgIpc) is 2.47. The molecule has 0 spiro atoms. The predicted molar refractivity (Wildman–Crippen MR) is 83.5 cm³/mol. The highest BCUT2D eigenvalue weighted by Crippen LogP contribution is 2.13. The van der Waals surface area contributed by atoms with Crippen molar-refractivity contribution in [3.05, 3.63) is 41.1 Å². The van der Waals surface area contributed by atoms with Gasteiger partial charge in [0, 0.05) is 12.2 Å². The number of benzene rings is 1. The summed E-state index contributed by atoms with van der Waals surface area (Å²) in [7, 11) is 1.63. The summed E-state index contributed by atoms with van der Waals surface area (Å²) in [5.41, 5.74) is 2.28. The number of allylic oxidation sites excluding steroid dienone is 1. The van der Waals surface area contributed by atoms with Crippen molar-refractivity contribution in [2.45, 2.75) is 26.3 Å². The molecule has 1 aromatic carbocycles. The molecule has 0 saturated heterocycles. The van der Waals surface area contributed by atoms with E-state index in [0.29, 0.717) is 17.8 Å². The quantitative estimate of drug-likeness (QED) is 0.768. The standard InChI is InChI=1S/C16H21N3O3/c1-10-14(11(2)19-16(21)18-10)15(20)17-9-8-12-4-6-13(22-3)7-5-12/h4-7,10H,8-9H2,1-3H3,(H,17,20)(H2,18,19,21)/t10-/m1/s1. The molecule has 1 aliphatic rings. The van der Waals surface area contributed by atoms with E-state index in [1.807, 2.05) is 24.3 Å². The zero-order valence-electron chi connectivity index (χ0n) is 13.0. The Bertz CT molecular complexity index is 593. The number of methoxy groups -OCH3 is 1. The number of hydrogen-bond donors (Lipinski definition) is 3. The van der Waals surface area contributed by atoms with E-state index < -0.39 is 0 Å². The lowest BCUT2D eigenvalue weighted by molar-refractivity contribution is -0.117. The number of nitrogens with one attached hydrogen (secondary N) is 3. The van der Waals surface area contributed by atoms with Crippen LogP contribution in [-0.4, -0.2) is 31.6 Å². The third kappa shape index (κ3) is 3.78. The molecule has 22 heavy (non-hydrogen) atoms. The molecular weight excluding hydrogens is 282 g/mol. The minimum absolute atomic E-state index is 0.161. The first kappa shape index (κ1) is 15.9. The molecule has 1 atom stereocenters. The van der Waals surface area contributed by atoms with Crippen molar-refractivity contribution in [3.8, 4) is 5.75 Å². The molecule has 0 aliphatic carbocycles. The molecule has 1 aliphatic heterocycles. The summed E-state index contributed by atoms with van der Waals surface area (Å²) in [6.45, 7) is 4.05. The van der Waals surface area contributed by atoms with Crippen LogP contribution in [0.5, 0.6) is 5.75 Å². The molecule has 0 bridgehead atoms. The van der Waals surface area contributed by atoms with E-state index in [4.69, 9.17) is 4.74 Å². The van der Waals surface area contributed by atoms with Crippen LogP contribution in [-0.2, 0) is 11.2 Å². The van der Waals surface area contributed by atoms with E-state index in [0.717, 1.165) is 17.7 Å². The number of rotatable bonds is 5. The molecule has 118 valence electrons. The lowest BCUT2D eigenvalue weighted by Gasteiger charge is -2.25. The van der Waals surface area contributed by atoms with Crippen molar-refractivity contribution in [1.29, 1.82) is 0 Å². The topological polar surface area (TPSA) is 79.5 Å². The van der Waals surface area contributed by atoms with Crippen molar-refractivity contribution in [1.82, 2.24) is 16.0 Å². The number of amides is 3. The second-order valence-corrected chi connectivity index (χ2v) is 5.21. The van der Waals surface area contributed by atoms with Gasteiger partial charge in [-0.1, -0.05) is 12.1 Å². The zero-order valence-corrected chi connectivity index (χ0v) is 13.0. The Kier molecular flexibility index (Phi) is 5.04. The minimum atomic E-state index is -0.297. The van der Waals surface area contributed by atoms with Crippen LogP contribution in [0.3, 0.4) is 0 Å². The van der Waals surface area contributed by atoms with Crippen molar-refractivity contribution < 1.29 is 14.3 Å². The number of hydrogen-bond acceptors (Lipinski definition) is 3. The van der Waals surface area contributed by atoms with Crippen molar-refractivity contribution in [3.63, 3.8) is 0 Å². The van der Waals surface area contributed by atoms with E-state index >= 15 is 0 Å². The number of carbonyl (C=O) groups excluding carboxylic acids is 2. The minimum Gasteiger partial charge on any atom is -0.497 e. The number of ether oxygens (including phenoxy) is 1. The third-order valence-corrected chi connectivity index (χ3v) is 3.59. The number of carbonyl (C=O) groups is 2. The molecule has 2 rings (SSSR count). The van der Waals surface area contributed by atoms with Gasteiger partial charge in [-0.05, 0) is 38.0 Å². The first-order chi connectivity index (χ1) is 10.5. The average molecular weight is 303 g/mol.